The van der Waals surface area contributed by atoms with Crippen LogP contribution in [0.2, 0.25) is 0 Å². The van der Waals surface area contributed by atoms with Gasteiger partial charge in [-0.05, 0) is 49.5 Å². The van der Waals surface area contributed by atoms with Gasteiger partial charge in [0, 0.05) is 12.1 Å². The molecule has 0 fully saturated rings. The van der Waals surface area contributed by atoms with Gasteiger partial charge in [-0.3, -0.25) is 4.79 Å². The zero-order valence-electron chi connectivity index (χ0n) is 15.0. The van der Waals surface area contributed by atoms with Crippen LogP contribution in [0.1, 0.15) is 27.5 Å². The van der Waals surface area contributed by atoms with Crippen molar-refractivity contribution in [2.24, 2.45) is 0 Å². The molecule has 128 valence electrons. The van der Waals surface area contributed by atoms with Gasteiger partial charge in [-0.2, -0.15) is 0 Å². The third-order valence-corrected chi connectivity index (χ3v) is 4.55. The van der Waals surface area contributed by atoms with Gasteiger partial charge in [0.05, 0.1) is 6.04 Å². The first-order valence-corrected chi connectivity index (χ1v) is 8.54. The molecule has 0 aliphatic heterocycles. The number of carbonyl (C=O) groups is 1. The van der Waals surface area contributed by atoms with Crippen molar-refractivity contribution in [2.45, 2.75) is 13.0 Å². The molecule has 3 aromatic rings. The van der Waals surface area contributed by atoms with Crippen molar-refractivity contribution < 1.29 is 4.79 Å². The largest absolute Gasteiger partial charge is 0.350 e. The minimum atomic E-state index is -0.0373. The SMILES string of the molecule is Cc1ccc([C@H](CNC(=O)c2ccc3ccccc3c2)N(C)C)cc1. The van der Waals surface area contributed by atoms with Crippen LogP contribution in [0.15, 0.2) is 66.7 Å². The second-order valence-corrected chi connectivity index (χ2v) is 6.66. The fourth-order valence-electron chi connectivity index (χ4n) is 3.01. The van der Waals surface area contributed by atoms with E-state index in [1.54, 1.807) is 0 Å². The van der Waals surface area contributed by atoms with E-state index in [-0.39, 0.29) is 11.9 Å². The lowest BCUT2D eigenvalue weighted by Crippen LogP contribution is -2.34. The molecular formula is C22H24N2O. The van der Waals surface area contributed by atoms with Gasteiger partial charge < -0.3 is 10.2 Å². The maximum absolute atomic E-state index is 12.6. The van der Waals surface area contributed by atoms with Crippen LogP contribution in [0, 0.1) is 6.92 Å². The van der Waals surface area contributed by atoms with Crippen LogP contribution < -0.4 is 5.32 Å². The Morgan fingerprint density at radius 1 is 0.960 bits per heavy atom. The van der Waals surface area contributed by atoms with Crippen molar-refractivity contribution in [2.75, 3.05) is 20.6 Å². The number of nitrogens with one attached hydrogen (secondary N) is 1. The van der Waals surface area contributed by atoms with Crippen LogP contribution in [-0.2, 0) is 0 Å². The van der Waals surface area contributed by atoms with Crippen LogP contribution in [-0.4, -0.2) is 31.4 Å². The van der Waals surface area contributed by atoms with Gasteiger partial charge in [-0.25, -0.2) is 0 Å². The topological polar surface area (TPSA) is 32.3 Å². The summed E-state index contributed by atoms with van der Waals surface area (Å²) in [6, 6.07) is 22.5. The summed E-state index contributed by atoms with van der Waals surface area (Å²) in [5.41, 5.74) is 3.14. The highest BCUT2D eigenvalue weighted by Gasteiger charge is 2.16. The number of hydrogen-bond donors (Lipinski definition) is 1. The average molecular weight is 332 g/mol. The number of fused-ring (bicyclic) bond motifs is 1. The van der Waals surface area contributed by atoms with E-state index >= 15 is 0 Å². The fourth-order valence-corrected chi connectivity index (χ4v) is 3.01. The van der Waals surface area contributed by atoms with Crippen molar-refractivity contribution in [3.05, 3.63) is 83.4 Å². The third-order valence-electron chi connectivity index (χ3n) is 4.55. The van der Waals surface area contributed by atoms with E-state index in [1.165, 1.54) is 11.1 Å². The zero-order chi connectivity index (χ0) is 17.8. The summed E-state index contributed by atoms with van der Waals surface area (Å²) in [5, 5.41) is 5.30. The molecule has 0 radical (unpaired) electrons. The number of likely N-dealkylation sites (N-methyl/N-ethyl adjacent to an activating group) is 1. The first-order valence-electron chi connectivity index (χ1n) is 8.54. The van der Waals surface area contributed by atoms with Crippen molar-refractivity contribution in [1.82, 2.24) is 10.2 Å². The summed E-state index contributed by atoms with van der Waals surface area (Å²) in [6.45, 7) is 2.65. The minimum absolute atomic E-state index is 0.0373. The lowest BCUT2D eigenvalue weighted by atomic mass is 10.0. The molecule has 25 heavy (non-hydrogen) atoms. The summed E-state index contributed by atoms with van der Waals surface area (Å²) < 4.78 is 0. The number of aryl methyl sites for hydroxylation is 1. The molecular weight excluding hydrogens is 308 g/mol. The number of rotatable bonds is 5. The Kier molecular flexibility index (Phi) is 5.15. The quantitative estimate of drug-likeness (QED) is 0.760. The van der Waals surface area contributed by atoms with Gasteiger partial charge in [-0.1, -0.05) is 60.2 Å². The molecule has 0 bridgehead atoms. The molecule has 0 saturated carbocycles. The Morgan fingerprint density at radius 2 is 1.64 bits per heavy atom. The first kappa shape index (κ1) is 17.2. The van der Waals surface area contributed by atoms with Gasteiger partial charge in [0.15, 0.2) is 0 Å². The van der Waals surface area contributed by atoms with E-state index < -0.39 is 0 Å². The van der Waals surface area contributed by atoms with E-state index in [9.17, 15) is 4.79 Å². The Bertz CT molecular complexity index is 869. The highest BCUT2D eigenvalue weighted by atomic mass is 16.1. The van der Waals surface area contributed by atoms with Gasteiger partial charge >= 0.3 is 0 Å². The number of benzene rings is 3. The predicted octanol–water partition coefficient (Wildman–Crippen LogP) is 4.18. The summed E-state index contributed by atoms with van der Waals surface area (Å²) in [5.74, 6) is -0.0373. The second-order valence-electron chi connectivity index (χ2n) is 6.66. The summed E-state index contributed by atoms with van der Waals surface area (Å²) in [4.78, 5) is 14.7. The van der Waals surface area contributed by atoms with Gasteiger partial charge in [0.1, 0.15) is 0 Å². The molecule has 3 heteroatoms. The van der Waals surface area contributed by atoms with Gasteiger partial charge in [0.2, 0.25) is 0 Å². The van der Waals surface area contributed by atoms with Gasteiger partial charge in [-0.15, -0.1) is 0 Å². The van der Waals surface area contributed by atoms with Crippen LogP contribution in [0.5, 0.6) is 0 Å². The summed E-state index contributed by atoms with van der Waals surface area (Å²) in [7, 11) is 4.07. The molecule has 3 aromatic carbocycles. The highest BCUT2D eigenvalue weighted by molar-refractivity contribution is 5.98. The van der Waals surface area contributed by atoms with Crippen molar-refractivity contribution in [3.63, 3.8) is 0 Å². The lowest BCUT2D eigenvalue weighted by molar-refractivity contribution is 0.0942. The molecule has 1 atom stereocenters. The summed E-state index contributed by atoms with van der Waals surface area (Å²) in [6.07, 6.45) is 0. The highest BCUT2D eigenvalue weighted by Crippen LogP contribution is 2.19. The van der Waals surface area contributed by atoms with E-state index in [0.717, 1.165) is 10.8 Å². The van der Waals surface area contributed by atoms with Crippen LogP contribution in [0.25, 0.3) is 10.8 Å². The number of nitrogens with zero attached hydrogens (tertiary/aromatic N) is 1. The van der Waals surface area contributed by atoms with Crippen LogP contribution >= 0.6 is 0 Å². The molecule has 1 N–H and O–H groups in total. The molecule has 1 amide bonds. The second kappa shape index (κ2) is 7.49. The van der Waals surface area contributed by atoms with E-state index in [0.29, 0.717) is 12.1 Å². The monoisotopic (exact) mass is 332 g/mol. The number of amides is 1. The van der Waals surface area contributed by atoms with Crippen LogP contribution in [0.4, 0.5) is 0 Å². The maximum Gasteiger partial charge on any atom is 0.251 e. The van der Waals surface area contributed by atoms with E-state index in [2.05, 4.69) is 47.5 Å². The van der Waals surface area contributed by atoms with Crippen molar-refractivity contribution in [3.8, 4) is 0 Å². The normalized spacial score (nSPS) is 12.3. The zero-order valence-corrected chi connectivity index (χ0v) is 15.0. The molecule has 0 spiro atoms. The van der Waals surface area contributed by atoms with E-state index in [4.69, 9.17) is 0 Å². The first-order chi connectivity index (χ1) is 12.0. The molecule has 0 saturated heterocycles. The molecule has 3 nitrogen and oxygen atoms in total. The van der Waals surface area contributed by atoms with E-state index in [1.807, 2.05) is 50.5 Å². The molecule has 0 aromatic heterocycles. The maximum atomic E-state index is 12.6. The smallest absolute Gasteiger partial charge is 0.251 e. The Hall–Kier alpha value is -2.65. The Morgan fingerprint density at radius 3 is 2.32 bits per heavy atom. The standard InChI is InChI=1S/C22H24N2O/c1-16-8-10-18(11-9-16)21(24(2)3)15-23-22(25)20-13-12-17-6-4-5-7-19(17)14-20/h4-14,21H,15H2,1-3H3,(H,23,25)/t21-/m0/s1. The Labute approximate surface area is 149 Å². The molecule has 0 aliphatic carbocycles. The number of hydrogen-bond acceptors (Lipinski definition) is 2. The minimum Gasteiger partial charge on any atom is -0.350 e. The molecule has 0 heterocycles. The Balaban J connectivity index is 1.73. The van der Waals surface area contributed by atoms with Crippen molar-refractivity contribution in [1.29, 1.82) is 0 Å². The lowest BCUT2D eigenvalue weighted by Gasteiger charge is -2.25. The average Bonchev–Trinajstić information content (AvgIpc) is 2.62. The van der Waals surface area contributed by atoms with Gasteiger partial charge in [0.25, 0.3) is 5.91 Å². The molecule has 0 aliphatic rings. The van der Waals surface area contributed by atoms with Crippen molar-refractivity contribution >= 4 is 16.7 Å². The fraction of sp³-hybridized carbons (Fsp3) is 0.227. The number of carbonyl (C=O) groups excluding carboxylic acids is 1. The predicted molar refractivity (Wildman–Crippen MR) is 104 cm³/mol. The summed E-state index contributed by atoms with van der Waals surface area (Å²) >= 11 is 0. The molecule has 0 unspecified atom stereocenters. The third kappa shape index (κ3) is 4.06. The molecule has 3 rings (SSSR count). The van der Waals surface area contributed by atoms with Crippen LogP contribution in [0.3, 0.4) is 0 Å².